The van der Waals surface area contributed by atoms with E-state index in [4.69, 9.17) is 11.6 Å². The number of thioether (sulfide) groups is 1. The molecule has 2 aliphatic heterocycles. The maximum absolute atomic E-state index is 12.4. The summed E-state index contributed by atoms with van der Waals surface area (Å²) in [6.45, 7) is 0.233. The van der Waals surface area contributed by atoms with Gasteiger partial charge in [-0.2, -0.15) is 11.8 Å². The van der Waals surface area contributed by atoms with E-state index in [9.17, 15) is 9.59 Å². The lowest BCUT2D eigenvalue weighted by Crippen LogP contribution is -2.46. The van der Waals surface area contributed by atoms with Crippen LogP contribution in [0, 0.1) is 0 Å². The highest BCUT2D eigenvalue weighted by Crippen LogP contribution is 2.34. The number of halogens is 1. The van der Waals surface area contributed by atoms with Crippen LogP contribution in [0.25, 0.3) is 0 Å². The molecule has 1 spiro atoms. The molecule has 19 heavy (non-hydrogen) atoms. The van der Waals surface area contributed by atoms with Gasteiger partial charge in [-0.05, 0) is 23.8 Å². The maximum atomic E-state index is 12.4. The van der Waals surface area contributed by atoms with E-state index in [0.717, 1.165) is 11.3 Å². The van der Waals surface area contributed by atoms with Gasteiger partial charge in [0.1, 0.15) is 5.54 Å². The lowest BCUT2D eigenvalue weighted by atomic mass is 9.99. The Hall–Kier alpha value is -1.20. The smallest absolute Gasteiger partial charge is 0.322 e. The molecule has 0 radical (unpaired) electrons. The summed E-state index contributed by atoms with van der Waals surface area (Å²) in [4.78, 5) is 25.7. The second-order valence-electron chi connectivity index (χ2n) is 4.80. The molecular formula is C13H13ClN2O2S. The van der Waals surface area contributed by atoms with Gasteiger partial charge in [-0.1, -0.05) is 29.8 Å². The third-order valence-electron chi connectivity index (χ3n) is 3.55. The normalized spacial score (nSPS) is 26.3. The SMILES string of the molecule is O=C1N[C@]2(CCSC2)C(=O)N1Cc1ccccc1Cl. The predicted octanol–water partition coefficient (Wildman–Crippen LogP) is 2.27. The summed E-state index contributed by atoms with van der Waals surface area (Å²) in [6, 6.07) is 6.95. The summed E-state index contributed by atoms with van der Waals surface area (Å²) in [5.74, 6) is 1.45. The summed E-state index contributed by atoms with van der Waals surface area (Å²) in [6.07, 6.45) is 0.710. The molecule has 100 valence electrons. The molecule has 2 aliphatic rings. The van der Waals surface area contributed by atoms with Gasteiger partial charge in [-0.3, -0.25) is 9.69 Å². The fraction of sp³-hybridized carbons (Fsp3) is 0.385. The zero-order valence-corrected chi connectivity index (χ0v) is 11.8. The molecule has 1 atom stereocenters. The second kappa shape index (κ2) is 4.72. The number of nitrogens with zero attached hydrogens (tertiary/aromatic N) is 1. The zero-order chi connectivity index (χ0) is 13.5. The number of urea groups is 1. The standard InChI is InChI=1S/C13H13ClN2O2S/c14-10-4-2-1-3-9(10)7-16-11(17)13(15-12(16)18)5-6-19-8-13/h1-4H,5-8H2,(H,15,18)/t13-/m0/s1. The fourth-order valence-corrected chi connectivity index (χ4v) is 3.97. The van der Waals surface area contributed by atoms with Crippen LogP contribution in [0.2, 0.25) is 5.02 Å². The van der Waals surface area contributed by atoms with Gasteiger partial charge in [0.2, 0.25) is 0 Å². The quantitative estimate of drug-likeness (QED) is 0.852. The minimum atomic E-state index is -0.678. The summed E-state index contributed by atoms with van der Waals surface area (Å²) < 4.78 is 0. The number of amides is 3. The molecular weight excluding hydrogens is 284 g/mol. The van der Waals surface area contributed by atoms with Gasteiger partial charge in [-0.25, -0.2) is 4.79 Å². The third-order valence-corrected chi connectivity index (χ3v) is 5.11. The van der Waals surface area contributed by atoms with E-state index in [1.807, 2.05) is 18.2 Å². The van der Waals surface area contributed by atoms with E-state index >= 15 is 0 Å². The van der Waals surface area contributed by atoms with Crippen LogP contribution in [0.4, 0.5) is 4.79 Å². The van der Waals surface area contributed by atoms with Gasteiger partial charge in [0, 0.05) is 10.8 Å². The molecule has 1 aromatic carbocycles. The van der Waals surface area contributed by atoms with Gasteiger partial charge in [0.05, 0.1) is 6.54 Å². The van der Waals surface area contributed by atoms with Crippen molar-refractivity contribution < 1.29 is 9.59 Å². The first-order valence-corrected chi connectivity index (χ1v) is 7.61. The molecule has 2 fully saturated rings. The highest BCUT2D eigenvalue weighted by molar-refractivity contribution is 7.99. The van der Waals surface area contributed by atoms with E-state index in [-0.39, 0.29) is 18.5 Å². The van der Waals surface area contributed by atoms with Crippen LogP contribution < -0.4 is 5.32 Å². The van der Waals surface area contributed by atoms with Crippen molar-refractivity contribution in [1.82, 2.24) is 10.2 Å². The molecule has 1 N–H and O–H groups in total. The third kappa shape index (κ3) is 2.11. The summed E-state index contributed by atoms with van der Waals surface area (Å²) in [7, 11) is 0. The van der Waals surface area contributed by atoms with E-state index in [1.54, 1.807) is 17.8 Å². The van der Waals surface area contributed by atoms with Crippen molar-refractivity contribution in [2.75, 3.05) is 11.5 Å². The number of rotatable bonds is 2. The Kier molecular flexibility index (Phi) is 3.19. The summed E-state index contributed by atoms with van der Waals surface area (Å²) >= 11 is 7.77. The van der Waals surface area contributed by atoms with E-state index in [1.165, 1.54) is 4.90 Å². The Labute approximate surface area is 120 Å². The first-order valence-electron chi connectivity index (χ1n) is 6.08. The summed E-state index contributed by atoms with van der Waals surface area (Å²) in [5.41, 5.74) is 0.110. The molecule has 3 rings (SSSR count). The number of nitrogens with one attached hydrogen (secondary N) is 1. The van der Waals surface area contributed by atoms with Crippen LogP contribution in [0.3, 0.4) is 0 Å². The Morgan fingerprint density at radius 3 is 2.84 bits per heavy atom. The predicted molar refractivity (Wildman–Crippen MR) is 75.2 cm³/mol. The Balaban J connectivity index is 1.84. The van der Waals surface area contributed by atoms with Crippen molar-refractivity contribution in [1.29, 1.82) is 0 Å². The molecule has 1 aromatic rings. The monoisotopic (exact) mass is 296 g/mol. The highest BCUT2D eigenvalue weighted by atomic mass is 35.5. The highest BCUT2D eigenvalue weighted by Gasteiger charge is 2.52. The van der Waals surface area contributed by atoms with Gasteiger partial charge in [-0.15, -0.1) is 0 Å². The number of benzene rings is 1. The molecule has 0 unspecified atom stereocenters. The number of carbonyl (C=O) groups excluding carboxylic acids is 2. The minimum absolute atomic E-state index is 0.123. The van der Waals surface area contributed by atoms with Crippen LogP contribution in [-0.4, -0.2) is 33.9 Å². The first-order chi connectivity index (χ1) is 9.12. The largest absolute Gasteiger partial charge is 0.325 e. The van der Waals surface area contributed by atoms with Gasteiger partial charge >= 0.3 is 6.03 Å². The van der Waals surface area contributed by atoms with Gasteiger partial charge in [0.25, 0.3) is 5.91 Å². The van der Waals surface area contributed by atoms with Crippen molar-refractivity contribution in [2.45, 2.75) is 18.5 Å². The number of imide groups is 1. The van der Waals surface area contributed by atoms with Crippen LogP contribution >= 0.6 is 23.4 Å². The van der Waals surface area contributed by atoms with Crippen molar-refractivity contribution in [3.8, 4) is 0 Å². The minimum Gasteiger partial charge on any atom is -0.322 e. The van der Waals surface area contributed by atoms with Crippen molar-refractivity contribution >= 4 is 35.3 Å². The lowest BCUT2D eigenvalue weighted by molar-refractivity contribution is -0.130. The Morgan fingerprint density at radius 2 is 2.16 bits per heavy atom. The Morgan fingerprint density at radius 1 is 1.37 bits per heavy atom. The van der Waals surface area contributed by atoms with Gasteiger partial charge < -0.3 is 5.32 Å². The molecule has 3 amide bonds. The van der Waals surface area contributed by atoms with E-state index in [0.29, 0.717) is 17.2 Å². The summed E-state index contributed by atoms with van der Waals surface area (Å²) in [5, 5.41) is 3.42. The topological polar surface area (TPSA) is 49.4 Å². The van der Waals surface area contributed by atoms with E-state index in [2.05, 4.69) is 5.32 Å². The van der Waals surface area contributed by atoms with Crippen LogP contribution in [0.1, 0.15) is 12.0 Å². The number of carbonyl (C=O) groups is 2. The molecule has 4 nitrogen and oxygen atoms in total. The second-order valence-corrected chi connectivity index (χ2v) is 6.31. The van der Waals surface area contributed by atoms with Crippen LogP contribution in [0.15, 0.2) is 24.3 Å². The lowest BCUT2D eigenvalue weighted by Gasteiger charge is -2.19. The fourth-order valence-electron chi connectivity index (χ4n) is 2.45. The average molecular weight is 297 g/mol. The first kappa shape index (κ1) is 12.8. The molecule has 6 heteroatoms. The van der Waals surface area contributed by atoms with Crippen molar-refractivity contribution in [2.24, 2.45) is 0 Å². The van der Waals surface area contributed by atoms with Crippen molar-refractivity contribution in [3.63, 3.8) is 0 Å². The average Bonchev–Trinajstić information content (AvgIpc) is 2.94. The Bertz CT molecular complexity index is 543. The molecule has 0 aliphatic carbocycles. The van der Waals surface area contributed by atoms with Gasteiger partial charge in [0.15, 0.2) is 0 Å². The van der Waals surface area contributed by atoms with E-state index < -0.39 is 5.54 Å². The molecule has 2 saturated heterocycles. The molecule has 0 aromatic heterocycles. The molecule has 0 saturated carbocycles. The molecule has 2 heterocycles. The van der Waals surface area contributed by atoms with Crippen LogP contribution in [-0.2, 0) is 11.3 Å². The maximum Gasteiger partial charge on any atom is 0.325 e. The molecule has 0 bridgehead atoms. The zero-order valence-electron chi connectivity index (χ0n) is 10.2. The van der Waals surface area contributed by atoms with Crippen molar-refractivity contribution in [3.05, 3.63) is 34.9 Å². The van der Waals surface area contributed by atoms with Crippen LogP contribution in [0.5, 0.6) is 0 Å². The number of hydrogen-bond acceptors (Lipinski definition) is 3. The number of hydrogen-bond donors (Lipinski definition) is 1.